The number of nitrogens with two attached hydrogens (primary N) is 1. The maximum absolute atomic E-state index is 5.68. The van der Waals surface area contributed by atoms with E-state index in [2.05, 4.69) is 10.2 Å². The van der Waals surface area contributed by atoms with Gasteiger partial charge in [0.15, 0.2) is 0 Å². The molecule has 3 N–H and O–H groups in total. The Morgan fingerprint density at radius 1 is 1.14 bits per heavy atom. The lowest BCUT2D eigenvalue weighted by Crippen LogP contribution is -1.85. The number of hydrogen-bond donors (Lipinski definition) is 2. The normalized spacial score (nSPS) is 9.00. The van der Waals surface area contributed by atoms with Crippen molar-refractivity contribution >= 4 is 5.69 Å². The van der Waals surface area contributed by atoms with Crippen molar-refractivity contribution in [1.82, 2.24) is 10.2 Å². The Bertz CT molecular complexity index is 365. The van der Waals surface area contributed by atoms with E-state index in [0.717, 1.165) is 11.3 Å². The van der Waals surface area contributed by atoms with Crippen LogP contribution in [-0.2, 0) is 0 Å². The average molecular weight is 189 g/mol. The fourth-order valence-electron chi connectivity index (χ4n) is 1.13. The molecule has 0 atom stereocenters. The summed E-state index contributed by atoms with van der Waals surface area (Å²) in [5.74, 6) is 0. The monoisotopic (exact) mass is 189 g/mol. The van der Waals surface area contributed by atoms with E-state index in [1.807, 2.05) is 44.2 Å². The van der Waals surface area contributed by atoms with Gasteiger partial charge in [-0.2, -0.15) is 5.10 Å². The smallest absolute Gasteiger partial charge is 0.0879 e. The zero-order chi connectivity index (χ0) is 10.4. The van der Waals surface area contributed by atoms with E-state index < -0.39 is 0 Å². The van der Waals surface area contributed by atoms with Crippen molar-refractivity contribution in [1.29, 1.82) is 0 Å². The first kappa shape index (κ1) is 10.3. The molecule has 0 aliphatic carbocycles. The third kappa shape index (κ3) is 2.13. The maximum atomic E-state index is 5.68. The summed E-state index contributed by atoms with van der Waals surface area (Å²) in [5.41, 5.74) is 8.31. The first-order valence-corrected chi connectivity index (χ1v) is 4.72. The Kier molecular flexibility index (Phi) is 3.73. The molecule has 2 rings (SSSR count). The molecule has 0 unspecified atom stereocenters. The van der Waals surface area contributed by atoms with Crippen molar-refractivity contribution in [3.63, 3.8) is 0 Å². The van der Waals surface area contributed by atoms with Crippen molar-refractivity contribution in [2.24, 2.45) is 0 Å². The third-order valence-electron chi connectivity index (χ3n) is 1.73. The van der Waals surface area contributed by atoms with Crippen LogP contribution in [0.5, 0.6) is 0 Å². The summed E-state index contributed by atoms with van der Waals surface area (Å²) in [6.07, 6.45) is 1.61. The molecular weight excluding hydrogens is 174 g/mol. The highest BCUT2D eigenvalue weighted by Crippen LogP contribution is 2.21. The molecule has 0 saturated carbocycles. The summed E-state index contributed by atoms with van der Waals surface area (Å²) < 4.78 is 0. The van der Waals surface area contributed by atoms with E-state index in [1.54, 1.807) is 6.20 Å². The van der Waals surface area contributed by atoms with Crippen LogP contribution in [0.4, 0.5) is 5.69 Å². The summed E-state index contributed by atoms with van der Waals surface area (Å²) in [5, 5.41) is 6.69. The Labute approximate surface area is 84.0 Å². The number of nitrogens with one attached hydrogen (secondary N) is 1. The van der Waals surface area contributed by atoms with Crippen LogP contribution in [0.15, 0.2) is 36.5 Å². The molecule has 0 aliphatic heterocycles. The Balaban J connectivity index is 0.000000461. The molecule has 0 aliphatic rings. The minimum atomic E-state index is 0.682. The topological polar surface area (TPSA) is 54.7 Å². The summed E-state index contributed by atoms with van der Waals surface area (Å²) >= 11 is 0. The second-order valence-electron chi connectivity index (χ2n) is 2.57. The van der Waals surface area contributed by atoms with Crippen LogP contribution < -0.4 is 5.73 Å². The van der Waals surface area contributed by atoms with Gasteiger partial charge in [0.2, 0.25) is 0 Å². The van der Waals surface area contributed by atoms with Crippen molar-refractivity contribution in [2.45, 2.75) is 13.8 Å². The molecule has 3 heteroatoms. The van der Waals surface area contributed by atoms with Gasteiger partial charge in [0.1, 0.15) is 0 Å². The fraction of sp³-hybridized carbons (Fsp3) is 0.182. The molecular formula is C11H15N3. The van der Waals surface area contributed by atoms with Crippen LogP contribution in [0.1, 0.15) is 13.8 Å². The highest BCUT2D eigenvalue weighted by atomic mass is 15.1. The van der Waals surface area contributed by atoms with Crippen LogP contribution in [0.3, 0.4) is 0 Å². The van der Waals surface area contributed by atoms with Gasteiger partial charge in [-0.15, -0.1) is 0 Å². The number of aromatic nitrogens is 2. The van der Waals surface area contributed by atoms with Gasteiger partial charge >= 0.3 is 0 Å². The van der Waals surface area contributed by atoms with E-state index in [9.17, 15) is 0 Å². The highest BCUT2D eigenvalue weighted by Gasteiger charge is 2.01. The number of nitrogen functional groups attached to an aromatic ring is 1. The van der Waals surface area contributed by atoms with Crippen molar-refractivity contribution < 1.29 is 0 Å². The van der Waals surface area contributed by atoms with Crippen molar-refractivity contribution in [3.05, 3.63) is 36.5 Å². The Morgan fingerprint density at radius 3 is 2.29 bits per heavy atom. The van der Waals surface area contributed by atoms with Gasteiger partial charge in [0.25, 0.3) is 0 Å². The van der Waals surface area contributed by atoms with Crippen LogP contribution in [0.25, 0.3) is 11.3 Å². The van der Waals surface area contributed by atoms with E-state index in [-0.39, 0.29) is 0 Å². The number of rotatable bonds is 1. The molecule has 1 aromatic carbocycles. The summed E-state index contributed by atoms with van der Waals surface area (Å²) in [6.45, 7) is 4.00. The first-order valence-electron chi connectivity index (χ1n) is 4.72. The van der Waals surface area contributed by atoms with Crippen molar-refractivity contribution in [3.8, 4) is 11.3 Å². The number of anilines is 1. The Morgan fingerprint density at radius 2 is 1.79 bits per heavy atom. The molecule has 1 heterocycles. The number of nitrogens with zero attached hydrogens (tertiary/aromatic N) is 1. The van der Waals surface area contributed by atoms with Crippen molar-refractivity contribution in [2.75, 3.05) is 5.73 Å². The molecule has 1 aromatic heterocycles. The quantitative estimate of drug-likeness (QED) is 0.724. The van der Waals surface area contributed by atoms with Crippen LogP contribution in [-0.4, -0.2) is 10.2 Å². The lowest BCUT2D eigenvalue weighted by molar-refractivity contribution is 1.10. The van der Waals surface area contributed by atoms with Gasteiger partial charge in [0.05, 0.1) is 17.6 Å². The second-order valence-corrected chi connectivity index (χ2v) is 2.57. The van der Waals surface area contributed by atoms with Crippen LogP contribution in [0.2, 0.25) is 0 Å². The molecule has 2 aromatic rings. The number of hydrogen-bond acceptors (Lipinski definition) is 2. The lowest BCUT2D eigenvalue weighted by atomic mass is 10.1. The predicted octanol–water partition coefficient (Wildman–Crippen LogP) is 2.69. The SMILES string of the molecule is CC.Nc1cn[nH]c1-c1ccccc1. The summed E-state index contributed by atoms with van der Waals surface area (Å²) in [6, 6.07) is 9.88. The van der Waals surface area contributed by atoms with E-state index in [1.165, 1.54) is 0 Å². The van der Waals surface area contributed by atoms with Gasteiger partial charge < -0.3 is 5.73 Å². The van der Waals surface area contributed by atoms with Gasteiger partial charge in [-0.1, -0.05) is 44.2 Å². The lowest BCUT2D eigenvalue weighted by Gasteiger charge is -1.96. The van der Waals surface area contributed by atoms with E-state index >= 15 is 0 Å². The van der Waals surface area contributed by atoms with Gasteiger partial charge in [-0.05, 0) is 0 Å². The molecule has 0 spiro atoms. The minimum Gasteiger partial charge on any atom is -0.396 e. The van der Waals surface area contributed by atoms with Crippen LogP contribution in [0, 0.1) is 0 Å². The average Bonchev–Trinajstić information content (AvgIpc) is 2.69. The highest BCUT2D eigenvalue weighted by molar-refractivity contribution is 5.71. The van der Waals surface area contributed by atoms with E-state index in [0.29, 0.717) is 5.69 Å². The number of aromatic amines is 1. The first-order chi connectivity index (χ1) is 6.88. The minimum absolute atomic E-state index is 0.682. The second kappa shape index (κ2) is 5.07. The molecule has 3 nitrogen and oxygen atoms in total. The van der Waals surface area contributed by atoms with E-state index in [4.69, 9.17) is 5.73 Å². The molecule has 0 fully saturated rings. The number of benzene rings is 1. The van der Waals surface area contributed by atoms with Gasteiger partial charge in [-0.3, -0.25) is 5.10 Å². The molecule has 0 amide bonds. The standard InChI is InChI=1S/C9H9N3.C2H6/c10-8-6-11-12-9(8)7-4-2-1-3-5-7;1-2/h1-6H,10H2,(H,11,12);1-2H3. The molecule has 0 radical (unpaired) electrons. The fourth-order valence-corrected chi connectivity index (χ4v) is 1.13. The summed E-state index contributed by atoms with van der Waals surface area (Å²) in [4.78, 5) is 0. The zero-order valence-corrected chi connectivity index (χ0v) is 8.49. The van der Waals surface area contributed by atoms with Gasteiger partial charge in [0, 0.05) is 5.56 Å². The molecule has 14 heavy (non-hydrogen) atoms. The third-order valence-corrected chi connectivity index (χ3v) is 1.73. The molecule has 74 valence electrons. The predicted molar refractivity (Wildman–Crippen MR) is 59.8 cm³/mol. The summed E-state index contributed by atoms with van der Waals surface area (Å²) in [7, 11) is 0. The number of H-pyrrole nitrogens is 1. The van der Waals surface area contributed by atoms with Gasteiger partial charge in [-0.25, -0.2) is 0 Å². The van der Waals surface area contributed by atoms with Crippen LogP contribution >= 0.6 is 0 Å². The largest absolute Gasteiger partial charge is 0.396 e. The molecule has 0 saturated heterocycles. The maximum Gasteiger partial charge on any atom is 0.0879 e. The molecule has 0 bridgehead atoms. The zero-order valence-electron chi connectivity index (χ0n) is 8.49. The Hall–Kier alpha value is -1.77.